The van der Waals surface area contributed by atoms with Crippen molar-refractivity contribution in [2.24, 2.45) is 4.99 Å². The minimum atomic E-state index is -0.204. The summed E-state index contributed by atoms with van der Waals surface area (Å²) >= 11 is 0. The second-order valence-corrected chi connectivity index (χ2v) is 5.17. The molecule has 6 heteroatoms. The third-order valence-corrected chi connectivity index (χ3v) is 3.46. The number of rotatable bonds is 4. The van der Waals surface area contributed by atoms with Crippen molar-refractivity contribution in [3.63, 3.8) is 0 Å². The molecule has 0 radical (unpaired) electrons. The van der Waals surface area contributed by atoms with Crippen molar-refractivity contribution in [3.8, 4) is 6.07 Å². The summed E-state index contributed by atoms with van der Waals surface area (Å²) in [7, 11) is 1.68. The first-order chi connectivity index (χ1) is 11.1. The predicted molar refractivity (Wildman–Crippen MR) is 105 cm³/mol. The third-order valence-electron chi connectivity index (χ3n) is 3.46. The molecule has 0 heterocycles. The monoisotopic (exact) mass is 438 g/mol. The van der Waals surface area contributed by atoms with E-state index in [-0.39, 0.29) is 29.8 Å². The van der Waals surface area contributed by atoms with Crippen LogP contribution >= 0.6 is 24.0 Å². The molecule has 2 aromatic carbocycles. The number of guanidine groups is 1. The van der Waals surface area contributed by atoms with E-state index in [0.29, 0.717) is 30.2 Å². The number of nitrogens with zero attached hydrogens (tertiary/aromatic N) is 2. The highest BCUT2D eigenvalue weighted by molar-refractivity contribution is 14.0. The van der Waals surface area contributed by atoms with Gasteiger partial charge in [0.25, 0.3) is 0 Å². The Bertz CT molecular complexity index is 736. The second-order valence-electron chi connectivity index (χ2n) is 5.17. The second kappa shape index (κ2) is 9.88. The predicted octanol–water partition coefficient (Wildman–Crippen LogP) is 3.49. The van der Waals surface area contributed by atoms with E-state index in [2.05, 4.69) is 21.7 Å². The number of hydrogen-bond donors (Lipinski definition) is 2. The van der Waals surface area contributed by atoms with Crippen LogP contribution in [-0.2, 0) is 13.1 Å². The lowest BCUT2D eigenvalue weighted by atomic mass is 10.1. The number of benzene rings is 2. The molecule has 4 nitrogen and oxygen atoms in total. The molecule has 0 amide bonds. The maximum Gasteiger partial charge on any atom is 0.191 e. The maximum atomic E-state index is 13.5. The molecule has 0 aliphatic rings. The Kier molecular flexibility index (Phi) is 8.19. The van der Waals surface area contributed by atoms with Crippen molar-refractivity contribution in [2.45, 2.75) is 20.0 Å². The first-order valence-electron chi connectivity index (χ1n) is 7.31. The topological polar surface area (TPSA) is 60.2 Å². The number of aryl methyl sites for hydroxylation is 1. The summed E-state index contributed by atoms with van der Waals surface area (Å²) in [5.41, 5.74) is 3.18. The fraction of sp³-hybridized carbons (Fsp3) is 0.222. The lowest BCUT2D eigenvalue weighted by molar-refractivity contribution is 0.615. The number of nitrogens with one attached hydrogen (secondary N) is 2. The van der Waals surface area contributed by atoms with Crippen molar-refractivity contribution in [1.29, 1.82) is 5.26 Å². The minimum absolute atomic E-state index is 0. The van der Waals surface area contributed by atoms with E-state index in [1.54, 1.807) is 32.2 Å². The Morgan fingerprint density at radius 2 is 1.67 bits per heavy atom. The van der Waals surface area contributed by atoms with E-state index >= 15 is 0 Å². The van der Waals surface area contributed by atoms with Gasteiger partial charge in [0.15, 0.2) is 5.96 Å². The van der Waals surface area contributed by atoms with E-state index < -0.39 is 0 Å². The summed E-state index contributed by atoms with van der Waals surface area (Å²) in [5.74, 6) is 0.431. The number of nitriles is 1. The van der Waals surface area contributed by atoms with Gasteiger partial charge in [0, 0.05) is 20.1 Å². The molecule has 0 saturated heterocycles. The zero-order valence-electron chi connectivity index (χ0n) is 13.6. The molecule has 0 unspecified atom stereocenters. The van der Waals surface area contributed by atoms with Gasteiger partial charge in [0.2, 0.25) is 0 Å². The fourth-order valence-corrected chi connectivity index (χ4v) is 2.04. The van der Waals surface area contributed by atoms with Gasteiger partial charge in [-0.2, -0.15) is 5.26 Å². The lowest BCUT2D eigenvalue weighted by Gasteiger charge is -2.12. The maximum absolute atomic E-state index is 13.5. The van der Waals surface area contributed by atoms with Gasteiger partial charge in [-0.15, -0.1) is 24.0 Å². The summed E-state index contributed by atoms with van der Waals surface area (Å²) in [6.07, 6.45) is 0. The molecule has 2 aromatic rings. The molecule has 0 fully saturated rings. The normalized spacial score (nSPS) is 10.5. The Hall–Kier alpha value is -2.14. The molecule has 0 aliphatic carbocycles. The van der Waals surface area contributed by atoms with Crippen LogP contribution in [0.2, 0.25) is 0 Å². The Morgan fingerprint density at radius 1 is 1.08 bits per heavy atom. The molecule has 0 atom stereocenters. The number of halogens is 2. The molecule has 0 aromatic heterocycles. The lowest BCUT2D eigenvalue weighted by Crippen LogP contribution is -2.36. The quantitative estimate of drug-likeness (QED) is 0.437. The molecule has 0 saturated carbocycles. The molecular formula is C18H20FIN4. The van der Waals surface area contributed by atoms with Gasteiger partial charge >= 0.3 is 0 Å². The van der Waals surface area contributed by atoms with Crippen LogP contribution in [0.25, 0.3) is 0 Å². The SMILES string of the molecule is CN=C(NCc1ccc(C#N)cc1)NCc1ccc(C)c(F)c1.I. The highest BCUT2D eigenvalue weighted by Gasteiger charge is 2.02. The van der Waals surface area contributed by atoms with Crippen LogP contribution in [-0.4, -0.2) is 13.0 Å². The van der Waals surface area contributed by atoms with E-state index in [4.69, 9.17) is 5.26 Å². The Morgan fingerprint density at radius 3 is 2.21 bits per heavy atom. The Balaban J connectivity index is 0.00000288. The molecular weight excluding hydrogens is 418 g/mol. The number of aliphatic imine (C=N–C) groups is 1. The standard InChI is InChI=1S/C18H19FN4.HI/c1-13-3-4-16(9-17(13)19)12-23-18(21-2)22-11-15-7-5-14(10-20)6-8-15;/h3-9H,11-12H2,1-2H3,(H2,21,22,23);1H. The van der Waals surface area contributed by atoms with E-state index in [0.717, 1.165) is 11.1 Å². The van der Waals surface area contributed by atoms with Crippen molar-refractivity contribution in [2.75, 3.05) is 7.05 Å². The first kappa shape index (κ1) is 19.9. The largest absolute Gasteiger partial charge is 0.352 e. The molecule has 0 bridgehead atoms. The summed E-state index contributed by atoms with van der Waals surface area (Å²) in [5, 5.41) is 15.1. The molecule has 2 N–H and O–H groups in total. The highest BCUT2D eigenvalue weighted by Crippen LogP contribution is 2.08. The molecule has 24 heavy (non-hydrogen) atoms. The van der Waals surface area contributed by atoms with Crippen molar-refractivity contribution in [3.05, 3.63) is 70.5 Å². The summed E-state index contributed by atoms with van der Waals surface area (Å²) in [6.45, 7) is 2.82. The molecule has 126 valence electrons. The van der Waals surface area contributed by atoms with Gasteiger partial charge in [-0.1, -0.05) is 24.3 Å². The van der Waals surface area contributed by atoms with Crippen molar-refractivity contribution < 1.29 is 4.39 Å². The van der Waals surface area contributed by atoms with Crippen LogP contribution in [0.4, 0.5) is 4.39 Å². The average Bonchev–Trinajstić information content (AvgIpc) is 2.58. The summed E-state index contributed by atoms with van der Waals surface area (Å²) in [4.78, 5) is 4.14. The third kappa shape index (κ3) is 5.81. The Labute approximate surface area is 158 Å². The van der Waals surface area contributed by atoms with E-state index in [9.17, 15) is 4.39 Å². The first-order valence-corrected chi connectivity index (χ1v) is 7.31. The van der Waals surface area contributed by atoms with Crippen LogP contribution in [0.15, 0.2) is 47.5 Å². The van der Waals surface area contributed by atoms with Gasteiger partial charge in [-0.25, -0.2) is 4.39 Å². The average molecular weight is 438 g/mol. The van der Waals surface area contributed by atoms with Crippen molar-refractivity contribution in [1.82, 2.24) is 10.6 Å². The van der Waals surface area contributed by atoms with Gasteiger partial charge in [-0.05, 0) is 41.8 Å². The van der Waals surface area contributed by atoms with Crippen LogP contribution in [0.1, 0.15) is 22.3 Å². The molecule has 0 aliphatic heterocycles. The zero-order valence-corrected chi connectivity index (χ0v) is 16.0. The molecule has 2 rings (SSSR count). The zero-order chi connectivity index (χ0) is 16.7. The van der Waals surface area contributed by atoms with E-state index in [1.165, 1.54) is 6.07 Å². The number of hydrogen-bond acceptors (Lipinski definition) is 2. The fourth-order valence-electron chi connectivity index (χ4n) is 2.04. The summed E-state index contributed by atoms with van der Waals surface area (Å²) in [6, 6.07) is 14.6. The van der Waals surface area contributed by atoms with Crippen LogP contribution < -0.4 is 10.6 Å². The van der Waals surface area contributed by atoms with Crippen LogP contribution in [0.3, 0.4) is 0 Å². The van der Waals surface area contributed by atoms with E-state index in [1.807, 2.05) is 18.2 Å². The van der Waals surface area contributed by atoms with Crippen LogP contribution in [0.5, 0.6) is 0 Å². The van der Waals surface area contributed by atoms with Crippen molar-refractivity contribution >= 4 is 29.9 Å². The highest BCUT2D eigenvalue weighted by atomic mass is 127. The van der Waals surface area contributed by atoms with Gasteiger partial charge < -0.3 is 10.6 Å². The van der Waals surface area contributed by atoms with Gasteiger partial charge in [0.05, 0.1) is 11.6 Å². The summed E-state index contributed by atoms with van der Waals surface area (Å²) < 4.78 is 13.5. The van der Waals surface area contributed by atoms with Crippen LogP contribution in [0, 0.1) is 24.1 Å². The minimum Gasteiger partial charge on any atom is -0.352 e. The molecule has 0 spiro atoms. The smallest absolute Gasteiger partial charge is 0.191 e. The van der Waals surface area contributed by atoms with Gasteiger partial charge in [-0.3, -0.25) is 4.99 Å². The van der Waals surface area contributed by atoms with Gasteiger partial charge in [0.1, 0.15) is 5.82 Å².